The third kappa shape index (κ3) is 3.79. The maximum Gasteiger partial charge on any atom is 0.246 e. The molecule has 2 aromatic rings. The molecule has 1 aliphatic carbocycles. The summed E-state index contributed by atoms with van der Waals surface area (Å²) < 4.78 is 7.64. The van der Waals surface area contributed by atoms with Crippen molar-refractivity contribution in [2.45, 2.75) is 32.7 Å². The number of hydrogen-bond acceptors (Lipinski definition) is 3. The third-order valence-corrected chi connectivity index (χ3v) is 5.87. The lowest BCUT2D eigenvalue weighted by Crippen LogP contribution is -2.48. The van der Waals surface area contributed by atoms with E-state index in [1.807, 2.05) is 23.1 Å². The summed E-state index contributed by atoms with van der Waals surface area (Å²) in [6.45, 7) is 7.50. The van der Waals surface area contributed by atoms with Gasteiger partial charge in [-0.1, -0.05) is 0 Å². The molecule has 5 heteroatoms. The van der Waals surface area contributed by atoms with Crippen LogP contribution in [0.4, 0.5) is 5.69 Å². The Morgan fingerprint density at radius 2 is 1.75 bits per heavy atom. The Hall–Kier alpha value is -2.69. The molecule has 0 radical (unpaired) electrons. The van der Waals surface area contributed by atoms with E-state index in [0.717, 1.165) is 37.5 Å². The van der Waals surface area contributed by atoms with Gasteiger partial charge in [-0.25, -0.2) is 0 Å². The van der Waals surface area contributed by atoms with Crippen molar-refractivity contribution in [3.8, 4) is 5.75 Å². The normalized spacial score (nSPS) is 17.4. The molecule has 1 saturated carbocycles. The summed E-state index contributed by atoms with van der Waals surface area (Å²) >= 11 is 0. The van der Waals surface area contributed by atoms with Crippen molar-refractivity contribution in [1.29, 1.82) is 0 Å². The molecule has 2 aliphatic rings. The molecule has 1 amide bonds. The van der Waals surface area contributed by atoms with E-state index in [0.29, 0.717) is 6.04 Å². The smallest absolute Gasteiger partial charge is 0.246 e. The Labute approximate surface area is 167 Å². The number of anilines is 1. The lowest BCUT2D eigenvalue weighted by atomic mass is 10.2. The fourth-order valence-electron chi connectivity index (χ4n) is 4.11. The number of nitrogens with zero attached hydrogens (tertiary/aromatic N) is 3. The molecular weight excluding hydrogens is 350 g/mol. The van der Waals surface area contributed by atoms with Crippen LogP contribution in [0.5, 0.6) is 5.75 Å². The molecular formula is C23H29N3O2. The third-order valence-electron chi connectivity index (χ3n) is 5.87. The lowest BCUT2D eigenvalue weighted by Gasteiger charge is -2.35. The number of methoxy groups -OCH3 is 1. The second kappa shape index (κ2) is 7.74. The minimum Gasteiger partial charge on any atom is -0.497 e. The number of rotatable bonds is 5. The van der Waals surface area contributed by atoms with Gasteiger partial charge in [-0.05, 0) is 68.7 Å². The zero-order valence-corrected chi connectivity index (χ0v) is 17.0. The van der Waals surface area contributed by atoms with Crippen molar-refractivity contribution in [1.82, 2.24) is 9.47 Å². The SMILES string of the molecule is COc1ccc(N2CCN(C(=O)/C=C/c3cc(C)n(C4CC4)c3C)CC2)cc1. The maximum absolute atomic E-state index is 12.6. The van der Waals surface area contributed by atoms with Gasteiger partial charge in [0.15, 0.2) is 0 Å². The first-order valence-corrected chi connectivity index (χ1v) is 10.1. The van der Waals surface area contributed by atoms with Gasteiger partial charge >= 0.3 is 0 Å². The van der Waals surface area contributed by atoms with Gasteiger partial charge in [-0.3, -0.25) is 4.79 Å². The standard InChI is InChI=1S/C23H29N3O2/c1-17-16-19(18(2)26(17)21-5-6-21)4-11-23(27)25-14-12-24(13-15-25)20-7-9-22(28-3)10-8-20/h4,7-11,16,21H,5-6,12-15H2,1-3H3/b11-4+. The van der Waals surface area contributed by atoms with Gasteiger partial charge in [0, 0.05) is 55.4 Å². The number of benzene rings is 1. The summed E-state index contributed by atoms with van der Waals surface area (Å²) in [6.07, 6.45) is 6.27. The van der Waals surface area contributed by atoms with Crippen molar-refractivity contribution in [2.75, 3.05) is 38.2 Å². The molecule has 0 spiro atoms. The van der Waals surface area contributed by atoms with Crippen LogP contribution in [-0.4, -0.2) is 48.7 Å². The van der Waals surface area contributed by atoms with Crippen LogP contribution in [0.25, 0.3) is 6.08 Å². The van der Waals surface area contributed by atoms with Crippen LogP contribution >= 0.6 is 0 Å². The average molecular weight is 380 g/mol. The van der Waals surface area contributed by atoms with E-state index in [4.69, 9.17) is 4.74 Å². The molecule has 1 saturated heterocycles. The van der Waals surface area contributed by atoms with Crippen molar-refractivity contribution in [3.05, 3.63) is 53.4 Å². The number of ether oxygens (including phenoxy) is 1. The largest absolute Gasteiger partial charge is 0.497 e. The van der Waals surface area contributed by atoms with E-state index in [-0.39, 0.29) is 5.91 Å². The molecule has 1 aromatic heterocycles. The number of carbonyl (C=O) groups is 1. The molecule has 28 heavy (non-hydrogen) atoms. The predicted octanol–water partition coefficient (Wildman–Crippen LogP) is 3.81. The van der Waals surface area contributed by atoms with E-state index in [1.54, 1.807) is 13.2 Å². The number of piperazine rings is 1. The second-order valence-corrected chi connectivity index (χ2v) is 7.77. The molecule has 0 atom stereocenters. The topological polar surface area (TPSA) is 37.7 Å². The van der Waals surface area contributed by atoms with Crippen molar-refractivity contribution >= 4 is 17.7 Å². The first kappa shape index (κ1) is 18.7. The van der Waals surface area contributed by atoms with Crippen LogP contribution in [0, 0.1) is 13.8 Å². The Balaban J connectivity index is 1.35. The first-order chi connectivity index (χ1) is 13.6. The monoisotopic (exact) mass is 379 g/mol. The van der Waals surface area contributed by atoms with E-state index in [9.17, 15) is 4.79 Å². The highest BCUT2D eigenvalue weighted by Crippen LogP contribution is 2.38. The van der Waals surface area contributed by atoms with E-state index >= 15 is 0 Å². The molecule has 5 nitrogen and oxygen atoms in total. The number of hydrogen-bond donors (Lipinski definition) is 0. The highest BCUT2D eigenvalue weighted by molar-refractivity contribution is 5.92. The van der Waals surface area contributed by atoms with Crippen molar-refractivity contribution in [3.63, 3.8) is 0 Å². The highest BCUT2D eigenvalue weighted by Gasteiger charge is 2.26. The van der Waals surface area contributed by atoms with Crippen LogP contribution in [0.3, 0.4) is 0 Å². The summed E-state index contributed by atoms with van der Waals surface area (Å²) in [4.78, 5) is 16.9. The minimum atomic E-state index is 0.102. The van der Waals surface area contributed by atoms with Gasteiger partial charge in [-0.15, -0.1) is 0 Å². The maximum atomic E-state index is 12.6. The van der Waals surface area contributed by atoms with Gasteiger partial charge in [-0.2, -0.15) is 0 Å². The number of aromatic nitrogens is 1. The van der Waals surface area contributed by atoms with Crippen LogP contribution in [-0.2, 0) is 4.79 Å². The number of amides is 1. The molecule has 2 fully saturated rings. The molecule has 1 aliphatic heterocycles. The van der Waals surface area contributed by atoms with Crippen LogP contribution in [0.15, 0.2) is 36.4 Å². The van der Waals surface area contributed by atoms with E-state index in [2.05, 4.69) is 41.5 Å². The Kier molecular flexibility index (Phi) is 5.16. The number of aryl methyl sites for hydroxylation is 1. The Bertz CT molecular complexity index is 870. The van der Waals surface area contributed by atoms with Crippen LogP contribution in [0.1, 0.15) is 35.8 Å². The number of carbonyl (C=O) groups excluding carboxylic acids is 1. The predicted molar refractivity (Wildman–Crippen MR) is 113 cm³/mol. The summed E-state index contributed by atoms with van der Waals surface area (Å²) in [5.41, 5.74) is 4.90. The zero-order valence-electron chi connectivity index (χ0n) is 17.0. The van der Waals surface area contributed by atoms with Gasteiger partial charge in [0.25, 0.3) is 0 Å². The molecule has 2 heterocycles. The fraction of sp³-hybridized carbons (Fsp3) is 0.435. The molecule has 4 rings (SSSR count). The minimum absolute atomic E-state index is 0.102. The van der Waals surface area contributed by atoms with E-state index < -0.39 is 0 Å². The van der Waals surface area contributed by atoms with Crippen molar-refractivity contribution in [2.24, 2.45) is 0 Å². The molecule has 148 valence electrons. The summed E-state index contributed by atoms with van der Waals surface area (Å²) in [6, 6.07) is 11.0. The molecule has 1 aromatic carbocycles. The van der Waals surface area contributed by atoms with E-state index in [1.165, 1.54) is 29.9 Å². The van der Waals surface area contributed by atoms with Gasteiger partial charge < -0.3 is 19.1 Å². The molecule has 0 unspecified atom stereocenters. The van der Waals surface area contributed by atoms with Gasteiger partial charge in [0.05, 0.1) is 7.11 Å². The Morgan fingerprint density at radius 3 is 2.36 bits per heavy atom. The quantitative estimate of drug-likeness (QED) is 0.742. The zero-order chi connectivity index (χ0) is 19.7. The summed E-state index contributed by atoms with van der Waals surface area (Å²) in [5, 5.41) is 0. The van der Waals surface area contributed by atoms with Crippen LogP contribution in [0.2, 0.25) is 0 Å². The first-order valence-electron chi connectivity index (χ1n) is 10.1. The van der Waals surface area contributed by atoms with Crippen molar-refractivity contribution < 1.29 is 9.53 Å². The molecule has 0 N–H and O–H groups in total. The highest BCUT2D eigenvalue weighted by atomic mass is 16.5. The summed E-state index contributed by atoms with van der Waals surface area (Å²) in [7, 11) is 1.68. The molecule has 0 bridgehead atoms. The summed E-state index contributed by atoms with van der Waals surface area (Å²) in [5.74, 6) is 0.967. The van der Waals surface area contributed by atoms with Crippen LogP contribution < -0.4 is 9.64 Å². The fourth-order valence-corrected chi connectivity index (χ4v) is 4.11. The van der Waals surface area contributed by atoms with Gasteiger partial charge in [0.1, 0.15) is 5.75 Å². The van der Waals surface area contributed by atoms with Gasteiger partial charge in [0.2, 0.25) is 5.91 Å². The second-order valence-electron chi connectivity index (χ2n) is 7.77. The average Bonchev–Trinajstić information content (AvgIpc) is 3.51. The lowest BCUT2D eigenvalue weighted by molar-refractivity contribution is -0.126. The Morgan fingerprint density at radius 1 is 1.07 bits per heavy atom.